The topological polar surface area (TPSA) is 6.48 Å². The summed E-state index contributed by atoms with van der Waals surface area (Å²) in [7, 11) is 0. The maximum Gasteiger partial charge on any atom is 0.101 e. The molecule has 1 atom stereocenters. The van der Waals surface area contributed by atoms with Crippen LogP contribution in [-0.4, -0.2) is 29.1 Å². The monoisotopic (exact) mass is 406 g/mol. The first-order valence-electron chi connectivity index (χ1n) is 13.5. The lowest BCUT2D eigenvalue weighted by Gasteiger charge is -2.33. The molecule has 0 aliphatic carbocycles. The van der Waals surface area contributed by atoms with Crippen molar-refractivity contribution in [1.82, 2.24) is 9.80 Å². The Balaban J connectivity index is 2.15. The summed E-state index contributed by atoms with van der Waals surface area (Å²) in [5, 5.41) is 0. The van der Waals surface area contributed by atoms with Gasteiger partial charge in [-0.1, -0.05) is 117 Å². The molecule has 1 heterocycles. The van der Waals surface area contributed by atoms with Gasteiger partial charge in [0.25, 0.3) is 0 Å². The third-order valence-corrected chi connectivity index (χ3v) is 6.57. The number of nitrogens with zero attached hydrogens (tertiary/aromatic N) is 2. The highest BCUT2D eigenvalue weighted by Gasteiger charge is 2.24. The molecule has 0 radical (unpaired) electrons. The smallest absolute Gasteiger partial charge is 0.101 e. The third-order valence-electron chi connectivity index (χ3n) is 6.57. The molecule has 0 spiro atoms. The number of rotatable bonds is 21. The van der Waals surface area contributed by atoms with Gasteiger partial charge >= 0.3 is 0 Å². The molecule has 0 fully saturated rings. The number of hydrogen-bond donors (Lipinski definition) is 0. The van der Waals surface area contributed by atoms with E-state index in [4.69, 9.17) is 0 Å². The molecule has 0 bridgehead atoms. The summed E-state index contributed by atoms with van der Waals surface area (Å²) in [5.41, 5.74) is 0. The van der Waals surface area contributed by atoms with Crippen molar-refractivity contribution in [3.8, 4) is 0 Å². The minimum Gasteiger partial charge on any atom is -0.356 e. The molecule has 29 heavy (non-hydrogen) atoms. The van der Waals surface area contributed by atoms with Crippen LogP contribution in [0.3, 0.4) is 0 Å². The summed E-state index contributed by atoms with van der Waals surface area (Å²) in [6.07, 6.45) is 32.1. The van der Waals surface area contributed by atoms with Crippen LogP contribution in [-0.2, 0) is 0 Å². The zero-order valence-corrected chi connectivity index (χ0v) is 20.5. The molecule has 0 amide bonds. The molecule has 1 unspecified atom stereocenters. The lowest BCUT2D eigenvalue weighted by atomic mass is 10.1. The second-order valence-electron chi connectivity index (χ2n) is 9.35. The van der Waals surface area contributed by atoms with Crippen LogP contribution in [0.15, 0.2) is 12.4 Å². The minimum atomic E-state index is 0.643. The van der Waals surface area contributed by atoms with E-state index in [9.17, 15) is 0 Å². The fourth-order valence-corrected chi connectivity index (χ4v) is 4.58. The third kappa shape index (κ3) is 13.3. The first-order valence-corrected chi connectivity index (χ1v) is 13.5. The van der Waals surface area contributed by atoms with E-state index < -0.39 is 0 Å². The highest BCUT2D eigenvalue weighted by Crippen LogP contribution is 2.23. The molecule has 0 saturated carbocycles. The lowest BCUT2D eigenvalue weighted by molar-refractivity contribution is 0.136. The Hall–Kier alpha value is -0.660. The second-order valence-corrected chi connectivity index (χ2v) is 9.35. The van der Waals surface area contributed by atoms with Crippen LogP contribution in [0.1, 0.15) is 143 Å². The van der Waals surface area contributed by atoms with Crippen molar-refractivity contribution in [2.75, 3.05) is 13.1 Å². The van der Waals surface area contributed by atoms with Crippen LogP contribution in [0.5, 0.6) is 0 Å². The molecule has 1 aliphatic heterocycles. The van der Waals surface area contributed by atoms with Crippen molar-refractivity contribution in [3.05, 3.63) is 12.4 Å². The van der Waals surface area contributed by atoms with Gasteiger partial charge in [0.15, 0.2) is 0 Å². The summed E-state index contributed by atoms with van der Waals surface area (Å²) in [4.78, 5) is 5.30. The van der Waals surface area contributed by atoms with Gasteiger partial charge in [-0.3, -0.25) is 0 Å². The van der Waals surface area contributed by atoms with Gasteiger partial charge in [-0.2, -0.15) is 0 Å². The van der Waals surface area contributed by atoms with E-state index >= 15 is 0 Å². The Kier molecular flexibility index (Phi) is 17.6. The predicted molar refractivity (Wildman–Crippen MR) is 131 cm³/mol. The van der Waals surface area contributed by atoms with E-state index in [-0.39, 0.29) is 0 Å². The molecule has 172 valence electrons. The Labute approximate surface area is 184 Å². The van der Waals surface area contributed by atoms with Gasteiger partial charge in [-0.15, -0.1) is 0 Å². The fourth-order valence-electron chi connectivity index (χ4n) is 4.58. The maximum atomic E-state index is 2.65. The highest BCUT2D eigenvalue weighted by molar-refractivity contribution is 4.96. The first kappa shape index (κ1) is 26.4. The lowest BCUT2D eigenvalue weighted by Crippen LogP contribution is -2.39. The van der Waals surface area contributed by atoms with Crippen molar-refractivity contribution in [1.29, 1.82) is 0 Å². The average Bonchev–Trinajstić information content (AvgIpc) is 3.12. The molecule has 1 aliphatic rings. The van der Waals surface area contributed by atoms with Crippen molar-refractivity contribution in [2.24, 2.45) is 0 Å². The Bertz CT molecular complexity index is 366. The summed E-state index contributed by atoms with van der Waals surface area (Å²) in [6, 6.07) is 0. The molecule has 0 aromatic heterocycles. The largest absolute Gasteiger partial charge is 0.356 e. The molecule has 2 nitrogen and oxygen atoms in total. The summed E-state index contributed by atoms with van der Waals surface area (Å²) in [6.45, 7) is 9.45. The zero-order chi connectivity index (χ0) is 21.0. The quantitative estimate of drug-likeness (QED) is 0.176. The van der Waals surface area contributed by atoms with Crippen LogP contribution >= 0.6 is 0 Å². The highest BCUT2D eigenvalue weighted by atomic mass is 15.4. The van der Waals surface area contributed by atoms with E-state index in [1.165, 1.54) is 135 Å². The van der Waals surface area contributed by atoms with Crippen molar-refractivity contribution >= 4 is 0 Å². The Morgan fingerprint density at radius 3 is 1.17 bits per heavy atom. The normalized spacial score (nSPS) is 16.3. The van der Waals surface area contributed by atoms with Gasteiger partial charge in [0.1, 0.15) is 6.17 Å². The van der Waals surface area contributed by atoms with E-state index in [0.29, 0.717) is 6.17 Å². The standard InChI is InChI=1S/C27H54N2/c1-4-7-10-12-14-15-17-19-21-24-29-26-25-28(27(29)22-9-6-3)23-20-18-16-13-11-8-5-2/h25-27H,4-24H2,1-3H3. The summed E-state index contributed by atoms with van der Waals surface area (Å²) in [5.74, 6) is 0. The molecule has 0 N–H and O–H groups in total. The molecule has 0 aromatic rings. The van der Waals surface area contributed by atoms with Gasteiger partial charge in [0.2, 0.25) is 0 Å². The maximum absolute atomic E-state index is 2.65. The Morgan fingerprint density at radius 1 is 0.448 bits per heavy atom. The molecule has 0 saturated heterocycles. The number of hydrogen-bond acceptors (Lipinski definition) is 2. The summed E-state index contributed by atoms with van der Waals surface area (Å²) >= 11 is 0. The van der Waals surface area contributed by atoms with Crippen LogP contribution in [0.25, 0.3) is 0 Å². The molecular formula is C27H54N2. The van der Waals surface area contributed by atoms with Gasteiger partial charge in [-0.25, -0.2) is 0 Å². The van der Waals surface area contributed by atoms with Gasteiger partial charge < -0.3 is 9.80 Å². The minimum absolute atomic E-state index is 0.643. The molecule has 2 heteroatoms. The van der Waals surface area contributed by atoms with Gasteiger partial charge in [0, 0.05) is 25.5 Å². The van der Waals surface area contributed by atoms with Gasteiger partial charge in [-0.05, 0) is 25.7 Å². The summed E-state index contributed by atoms with van der Waals surface area (Å²) < 4.78 is 0. The Morgan fingerprint density at radius 2 is 0.793 bits per heavy atom. The van der Waals surface area contributed by atoms with E-state index in [0.717, 1.165) is 0 Å². The first-order chi connectivity index (χ1) is 14.3. The molecule has 1 rings (SSSR count). The van der Waals surface area contributed by atoms with Gasteiger partial charge in [0.05, 0.1) is 0 Å². The predicted octanol–water partition coefficient (Wildman–Crippen LogP) is 8.87. The van der Waals surface area contributed by atoms with Crippen molar-refractivity contribution in [3.63, 3.8) is 0 Å². The number of unbranched alkanes of at least 4 members (excludes halogenated alkanes) is 15. The van der Waals surface area contributed by atoms with E-state index in [1.807, 2.05) is 0 Å². The van der Waals surface area contributed by atoms with E-state index in [1.54, 1.807) is 0 Å². The van der Waals surface area contributed by atoms with Crippen LogP contribution in [0, 0.1) is 0 Å². The van der Waals surface area contributed by atoms with Crippen molar-refractivity contribution < 1.29 is 0 Å². The van der Waals surface area contributed by atoms with E-state index in [2.05, 4.69) is 43.0 Å². The van der Waals surface area contributed by atoms with Crippen LogP contribution < -0.4 is 0 Å². The zero-order valence-electron chi connectivity index (χ0n) is 20.5. The van der Waals surface area contributed by atoms with Crippen molar-refractivity contribution in [2.45, 2.75) is 149 Å². The SMILES string of the molecule is CCCCCCCCCCCN1C=CN(CCCCCCCCC)C1CCCC. The molecular weight excluding hydrogens is 352 g/mol. The fraction of sp³-hybridized carbons (Fsp3) is 0.926. The van der Waals surface area contributed by atoms with Crippen LogP contribution in [0.4, 0.5) is 0 Å². The van der Waals surface area contributed by atoms with Crippen LogP contribution in [0.2, 0.25) is 0 Å². The average molecular weight is 407 g/mol. The molecule has 0 aromatic carbocycles. The second kappa shape index (κ2) is 19.3.